The van der Waals surface area contributed by atoms with Crippen molar-refractivity contribution in [1.82, 2.24) is 0 Å². The number of carbonyl (C=O) groups is 1. The Labute approximate surface area is 79.9 Å². The number of hydrogen-bond acceptors (Lipinski definition) is 1. The van der Waals surface area contributed by atoms with Gasteiger partial charge in [-0.05, 0) is 37.0 Å². The van der Waals surface area contributed by atoms with E-state index in [1.54, 1.807) is 0 Å². The van der Waals surface area contributed by atoms with Gasteiger partial charge in [0.1, 0.15) is 0 Å². The Bertz CT molecular complexity index is 236. The van der Waals surface area contributed by atoms with Gasteiger partial charge in [-0.15, -0.1) is 0 Å². The van der Waals surface area contributed by atoms with Crippen LogP contribution in [0.15, 0.2) is 0 Å². The number of carbonyl (C=O) groups excluding carboxylic acids is 1. The molecule has 0 heterocycles. The Morgan fingerprint density at radius 3 is 2.38 bits per heavy atom. The van der Waals surface area contributed by atoms with Gasteiger partial charge in [0.15, 0.2) is 0 Å². The van der Waals surface area contributed by atoms with Crippen molar-refractivity contribution in [1.29, 1.82) is 0 Å². The monoisotopic (exact) mass is 181 g/mol. The zero-order valence-corrected chi connectivity index (χ0v) is 8.55. The molecule has 2 nitrogen and oxygen atoms in total. The van der Waals surface area contributed by atoms with Gasteiger partial charge in [-0.2, -0.15) is 0 Å². The van der Waals surface area contributed by atoms with Crippen LogP contribution < -0.4 is 5.73 Å². The van der Waals surface area contributed by atoms with E-state index in [1.165, 1.54) is 19.3 Å². The van der Waals surface area contributed by atoms with Crippen molar-refractivity contribution in [3.63, 3.8) is 0 Å². The minimum atomic E-state index is -0.150. The van der Waals surface area contributed by atoms with E-state index < -0.39 is 0 Å². The summed E-state index contributed by atoms with van der Waals surface area (Å²) in [6.07, 6.45) is 4.87. The lowest BCUT2D eigenvalue weighted by Crippen LogP contribution is -2.45. The standard InChI is InChI=1S/C11H19NO/c1-7(2)11(10(12)13)6-8-3-4-9(11)5-8/h7-9H,3-6H2,1-2H3,(H2,12,13). The molecule has 0 radical (unpaired) electrons. The smallest absolute Gasteiger partial charge is 0.224 e. The molecule has 0 aliphatic heterocycles. The summed E-state index contributed by atoms with van der Waals surface area (Å²) in [6.45, 7) is 4.29. The maximum absolute atomic E-state index is 11.6. The lowest BCUT2D eigenvalue weighted by Gasteiger charge is -2.38. The summed E-state index contributed by atoms with van der Waals surface area (Å²) in [4.78, 5) is 11.6. The van der Waals surface area contributed by atoms with Crippen molar-refractivity contribution in [3.05, 3.63) is 0 Å². The van der Waals surface area contributed by atoms with Crippen LogP contribution in [-0.2, 0) is 4.79 Å². The third kappa shape index (κ3) is 1.04. The van der Waals surface area contributed by atoms with Crippen LogP contribution in [0.5, 0.6) is 0 Å². The summed E-state index contributed by atoms with van der Waals surface area (Å²) < 4.78 is 0. The van der Waals surface area contributed by atoms with Crippen molar-refractivity contribution in [2.24, 2.45) is 28.9 Å². The number of fused-ring (bicyclic) bond motifs is 2. The molecule has 0 spiro atoms. The van der Waals surface area contributed by atoms with Gasteiger partial charge in [0.2, 0.25) is 5.91 Å². The maximum atomic E-state index is 11.6. The van der Waals surface area contributed by atoms with E-state index in [4.69, 9.17) is 5.73 Å². The molecular formula is C11H19NO. The topological polar surface area (TPSA) is 43.1 Å². The quantitative estimate of drug-likeness (QED) is 0.695. The fraction of sp³-hybridized carbons (Fsp3) is 0.909. The number of amides is 1. The third-order valence-corrected chi connectivity index (χ3v) is 4.39. The predicted molar refractivity (Wildman–Crippen MR) is 51.9 cm³/mol. The van der Waals surface area contributed by atoms with Crippen molar-refractivity contribution in [3.8, 4) is 0 Å². The van der Waals surface area contributed by atoms with Gasteiger partial charge in [-0.3, -0.25) is 4.79 Å². The van der Waals surface area contributed by atoms with E-state index in [0.717, 1.165) is 12.3 Å². The van der Waals surface area contributed by atoms with Gasteiger partial charge in [0, 0.05) is 0 Å². The maximum Gasteiger partial charge on any atom is 0.224 e. The van der Waals surface area contributed by atoms with Gasteiger partial charge >= 0.3 is 0 Å². The normalized spacial score (nSPS) is 43.0. The summed E-state index contributed by atoms with van der Waals surface area (Å²) >= 11 is 0. The van der Waals surface area contributed by atoms with Gasteiger partial charge in [-0.1, -0.05) is 20.3 Å². The highest BCUT2D eigenvalue weighted by atomic mass is 16.1. The van der Waals surface area contributed by atoms with Crippen molar-refractivity contribution < 1.29 is 4.79 Å². The molecule has 2 aliphatic carbocycles. The molecule has 3 unspecified atom stereocenters. The average molecular weight is 181 g/mol. The second-order valence-electron chi connectivity index (χ2n) is 5.14. The van der Waals surface area contributed by atoms with Gasteiger partial charge in [-0.25, -0.2) is 0 Å². The van der Waals surface area contributed by atoms with Crippen LogP contribution in [0.1, 0.15) is 39.5 Å². The van der Waals surface area contributed by atoms with Crippen molar-refractivity contribution >= 4 is 5.91 Å². The molecular weight excluding hydrogens is 162 g/mol. The largest absolute Gasteiger partial charge is 0.369 e. The van der Waals surface area contributed by atoms with Crippen LogP contribution >= 0.6 is 0 Å². The highest BCUT2D eigenvalue weighted by Gasteiger charge is 2.55. The summed E-state index contributed by atoms with van der Waals surface area (Å²) in [6, 6.07) is 0. The van der Waals surface area contributed by atoms with E-state index in [1.807, 2.05) is 0 Å². The Hall–Kier alpha value is -0.530. The lowest BCUT2D eigenvalue weighted by atomic mass is 9.65. The molecule has 0 aromatic heterocycles. The van der Waals surface area contributed by atoms with E-state index in [0.29, 0.717) is 11.8 Å². The number of nitrogens with two attached hydrogens (primary N) is 1. The molecule has 2 heteroatoms. The molecule has 2 fully saturated rings. The van der Waals surface area contributed by atoms with Crippen molar-refractivity contribution in [2.75, 3.05) is 0 Å². The number of rotatable bonds is 2. The Kier molecular flexibility index (Phi) is 1.90. The molecule has 0 aromatic rings. The Morgan fingerprint density at radius 2 is 2.15 bits per heavy atom. The van der Waals surface area contributed by atoms with Crippen LogP contribution in [0, 0.1) is 23.2 Å². The number of primary amides is 1. The molecule has 0 aromatic carbocycles. The van der Waals surface area contributed by atoms with Crippen LogP contribution in [0.3, 0.4) is 0 Å². The third-order valence-electron chi connectivity index (χ3n) is 4.39. The molecule has 74 valence electrons. The van der Waals surface area contributed by atoms with Crippen LogP contribution in [-0.4, -0.2) is 5.91 Å². The molecule has 2 bridgehead atoms. The van der Waals surface area contributed by atoms with Crippen LogP contribution in [0.4, 0.5) is 0 Å². The van der Waals surface area contributed by atoms with Crippen molar-refractivity contribution in [2.45, 2.75) is 39.5 Å². The predicted octanol–water partition coefficient (Wildman–Crippen LogP) is 1.93. The highest BCUT2D eigenvalue weighted by Crippen LogP contribution is 2.58. The minimum Gasteiger partial charge on any atom is -0.369 e. The first-order valence-corrected chi connectivity index (χ1v) is 5.37. The van der Waals surface area contributed by atoms with E-state index in [2.05, 4.69) is 13.8 Å². The first kappa shape index (κ1) is 9.04. The molecule has 0 saturated heterocycles. The average Bonchev–Trinajstić information content (AvgIpc) is 2.61. The van der Waals surface area contributed by atoms with Gasteiger partial charge < -0.3 is 5.73 Å². The SMILES string of the molecule is CC(C)C1(C(N)=O)CC2CCC1C2. The number of hydrogen-bond donors (Lipinski definition) is 1. The summed E-state index contributed by atoms with van der Waals surface area (Å²) in [5, 5.41) is 0. The second kappa shape index (κ2) is 2.73. The summed E-state index contributed by atoms with van der Waals surface area (Å²) in [5.41, 5.74) is 5.43. The Balaban J connectivity index is 2.30. The van der Waals surface area contributed by atoms with E-state index in [9.17, 15) is 4.79 Å². The zero-order valence-electron chi connectivity index (χ0n) is 8.55. The van der Waals surface area contributed by atoms with E-state index >= 15 is 0 Å². The van der Waals surface area contributed by atoms with Crippen LogP contribution in [0.25, 0.3) is 0 Å². The summed E-state index contributed by atoms with van der Waals surface area (Å²) in [7, 11) is 0. The van der Waals surface area contributed by atoms with Gasteiger partial charge in [0.25, 0.3) is 0 Å². The highest BCUT2D eigenvalue weighted by molar-refractivity contribution is 5.82. The molecule has 2 aliphatic rings. The first-order chi connectivity index (χ1) is 6.07. The fourth-order valence-electron chi connectivity index (χ4n) is 3.67. The second-order valence-corrected chi connectivity index (χ2v) is 5.14. The van der Waals surface area contributed by atoms with Gasteiger partial charge in [0.05, 0.1) is 5.41 Å². The fourth-order valence-corrected chi connectivity index (χ4v) is 3.67. The molecule has 1 amide bonds. The molecule has 2 N–H and O–H groups in total. The molecule has 2 saturated carbocycles. The Morgan fingerprint density at radius 1 is 1.46 bits per heavy atom. The minimum absolute atomic E-state index is 0.0466. The lowest BCUT2D eigenvalue weighted by molar-refractivity contribution is -0.134. The molecule has 13 heavy (non-hydrogen) atoms. The summed E-state index contributed by atoms with van der Waals surface area (Å²) in [5.74, 6) is 1.75. The van der Waals surface area contributed by atoms with E-state index in [-0.39, 0.29) is 11.3 Å². The van der Waals surface area contributed by atoms with Crippen LogP contribution in [0.2, 0.25) is 0 Å². The molecule has 2 rings (SSSR count). The molecule has 3 atom stereocenters. The zero-order chi connectivity index (χ0) is 9.64. The first-order valence-electron chi connectivity index (χ1n) is 5.37.